The molecule has 0 aliphatic rings. The Morgan fingerprint density at radius 1 is 0.500 bits per heavy atom. The molecule has 22 heavy (non-hydrogen) atoms. The second kappa shape index (κ2) is 14.5. The maximum Gasteiger partial charge on any atom is 0.0890 e. The standard InChI is InChI=1S/C21H46N/c1-6-11-16-21(17-12-7-2)22(18-13-8-3,19-14-9-4)20-15-10-5/h21H,6-20H2,1-5H3/q+1. The Morgan fingerprint density at radius 3 is 1.09 bits per heavy atom. The van der Waals surface area contributed by atoms with Gasteiger partial charge in [-0.25, -0.2) is 0 Å². The fourth-order valence-corrected chi connectivity index (χ4v) is 3.87. The molecule has 1 heteroatoms. The molecule has 0 radical (unpaired) electrons. The Hall–Kier alpha value is -0.0400. The minimum Gasteiger partial charge on any atom is -0.321 e. The van der Waals surface area contributed by atoms with E-state index in [-0.39, 0.29) is 0 Å². The van der Waals surface area contributed by atoms with Crippen molar-refractivity contribution in [2.24, 2.45) is 0 Å². The van der Waals surface area contributed by atoms with E-state index in [0.29, 0.717) is 0 Å². The van der Waals surface area contributed by atoms with Crippen LogP contribution in [0.3, 0.4) is 0 Å². The zero-order chi connectivity index (χ0) is 16.7. The average Bonchev–Trinajstić information content (AvgIpc) is 2.55. The van der Waals surface area contributed by atoms with E-state index in [1.807, 2.05) is 0 Å². The summed E-state index contributed by atoms with van der Waals surface area (Å²) in [5, 5.41) is 0. The molecule has 0 amide bonds. The number of quaternary nitrogens is 1. The second-order valence-corrected chi connectivity index (χ2v) is 7.39. The summed E-state index contributed by atoms with van der Waals surface area (Å²) >= 11 is 0. The molecule has 0 atom stereocenters. The van der Waals surface area contributed by atoms with E-state index in [9.17, 15) is 0 Å². The van der Waals surface area contributed by atoms with Gasteiger partial charge in [-0.3, -0.25) is 0 Å². The Morgan fingerprint density at radius 2 is 0.818 bits per heavy atom. The van der Waals surface area contributed by atoms with E-state index < -0.39 is 0 Å². The lowest BCUT2D eigenvalue weighted by Gasteiger charge is -2.46. The topological polar surface area (TPSA) is 0 Å². The maximum atomic E-state index is 2.36. The molecule has 0 heterocycles. The predicted molar refractivity (Wildman–Crippen MR) is 102 cm³/mol. The molecule has 0 fully saturated rings. The van der Waals surface area contributed by atoms with Crippen LogP contribution in [0, 0.1) is 0 Å². The first-order valence-electron chi connectivity index (χ1n) is 10.6. The van der Waals surface area contributed by atoms with Gasteiger partial charge in [0.25, 0.3) is 0 Å². The number of rotatable bonds is 16. The third kappa shape index (κ3) is 8.56. The third-order valence-corrected chi connectivity index (χ3v) is 5.43. The monoisotopic (exact) mass is 312 g/mol. The lowest BCUT2D eigenvalue weighted by molar-refractivity contribution is -0.952. The van der Waals surface area contributed by atoms with Crippen LogP contribution in [0.1, 0.15) is 112 Å². The number of hydrogen-bond acceptors (Lipinski definition) is 0. The summed E-state index contributed by atoms with van der Waals surface area (Å²) in [5.41, 5.74) is 0. The van der Waals surface area contributed by atoms with E-state index in [2.05, 4.69) is 34.6 Å². The highest BCUT2D eigenvalue weighted by Gasteiger charge is 2.34. The molecule has 0 aliphatic heterocycles. The van der Waals surface area contributed by atoms with Gasteiger partial charge in [-0.1, -0.05) is 66.7 Å². The van der Waals surface area contributed by atoms with Gasteiger partial charge in [0.2, 0.25) is 0 Å². The molecule has 0 bridgehead atoms. The van der Waals surface area contributed by atoms with Gasteiger partial charge in [0.15, 0.2) is 0 Å². The van der Waals surface area contributed by atoms with Gasteiger partial charge in [0.1, 0.15) is 0 Å². The largest absolute Gasteiger partial charge is 0.321 e. The zero-order valence-electron chi connectivity index (χ0n) is 16.6. The van der Waals surface area contributed by atoms with Crippen molar-refractivity contribution in [3.63, 3.8) is 0 Å². The summed E-state index contributed by atoms with van der Waals surface area (Å²) in [7, 11) is 0. The van der Waals surface area contributed by atoms with E-state index in [1.165, 1.54) is 101 Å². The molecule has 0 saturated carbocycles. The van der Waals surface area contributed by atoms with Crippen LogP contribution in [0.2, 0.25) is 0 Å². The Labute approximate surface area is 142 Å². The molecule has 0 unspecified atom stereocenters. The summed E-state index contributed by atoms with van der Waals surface area (Å²) in [6, 6.07) is 0.935. The van der Waals surface area contributed by atoms with Crippen LogP contribution >= 0.6 is 0 Å². The highest BCUT2D eigenvalue weighted by atomic mass is 15.4. The molecule has 0 aromatic heterocycles. The van der Waals surface area contributed by atoms with Crippen molar-refractivity contribution in [1.29, 1.82) is 0 Å². The SMILES string of the molecule is CCCCC(CCCC)[N+](CCCC)(CCCC)CCCC. The predicted octanol–water partition coefficient (Wildman–Crippen LogP) is 6.95. The van der Waals surface area contributed by atoms with Crippen LogP contribution in [-0.2, 0) is 0 Å². The molecular formula is C21H46N+. The molecule has 0 saturated heterocycles. The Kier molecular flexibility index (Phi) is 14.5. The molecule has 0 N–H and O–H groups in total. The first-order chi connectivity index (χ1) is 10.7. The van der Waals surface area contributed by atoms with Gasteiger partial charge < -0.3 is 4.48 Å². The summed E-state index contributed by atoms with van der Waals surface area (Å²) < 4.78 is 1.45. The Bertz CT molecular complexity index is 194. The van der Waals surface area contributed by atoms with Crippen LogP contribution in [0.15, 0.2) is 0 Å². The van der Waals surface area contributed by atoms with Crippen molar-refractivity contribution in [1.82, 2.24) is 0 Å². The molecule has 0 rings (SSSR count). The Balaban J connectivity index is 5.13. The minimum absolute atomic E-state index is 0.935. The fraction of sp³-hybridized carbons (Fsp3) is 1.00. The molecular weight excluding hydrogens is 266 g/mol. The first kappa shape index (κ1) is 22.0. The lowest BCUT2D eigenvalue weighted by Crippen LogP contribution is -2.57. The van der Waals surface area contributed by atoms with Gasteiger partial charge >= 0.3 is 0 Å². The van der Waals surface area contributed by atoms with E-state index in [0.717, 1.165) is 6.04 Å². The molecule has 0 spiro atoms. The van der Waals surface area contributed by atoms with Gasteiger partial charge in [-0.15, -0.1) is 0 Å². The highest BCUT2D eigenvalue weighted by molar-refractivity contribution is 4.64. The minimum atomic E-state index is 0.935. The number of unbranched alkanes of at least 4 members (excludes halogenated alkanes) is 5. The fourth-order valence-electron chi connectivity index (χ4n) is 3.87. The van der Waals surface area contributed by atoms with Gasteiger partial charge in [-0.2, -0.15) is 0 Å². The van der Waals surface area contributed by atoms with Gasteiger partial charge in [-0.05, 0) is 44.9 Å². The highest BCUT2D eigenvalue weighted by Crippen LogP contribution is 2.27. The molecule has 1 nitrogen and oxygen atoms in total. The van der Waals surface area contributed by atoms with Crippen molar-refractivity contribution in [3.05, 3.63) is 0 Å². The van der Waals surface area contributed by atoms with Crippen molar-refractivity contribution >= 4 is 0 Å². The van der Waals surface area contributed by atoms with E-state index >= 15 is 0 Å². The van der Waals surface area contributed by atoms with Gasteiger partial charge in [0.05, 0.1) is 25.7 Å². The van der Waals surface area contributed by atoms with Crippen LogP contribution in [0.4, 0.5) is 0 Å². The van der Waals surface area contributed by atoms with Gasteiger partial charge in [0, 0.05) is 0 Å². The zero-order valence-corrected chi connectivity index (χ0v) is 16.6. The maximum absolute atomic E-state index is 2.36. The van der Waals surface area contributed by atoms with Crippen LogP contribution in [0.25, 0.3) is 0 Å². The normalized spacial score (nSPS) is 12.3. The van der Waals surface area contributed by atoms with E-state index in [4.69, 9.17) is 0 Å². The molecule has 0 aromatic carbocycles. The lowest BCUT2D eigenvalue weighted by atomic mass is 9.96. The van der Waals surface area contributed by atoms with Crippen molar-refractivity contribution in [2.75, 3.05) is 19.6 Å². The average molecular weight is 313 g/mol. The van der Waals surface area contributed by atoms with Crippen LogP contribution in [0.5, 0.6) is 0 Å². The summed E-state index contributed by atoms with van der Waals surface area (Å²) in [6.45, 7) is 16.1. The quantitative estimate of drug-likeness (QED) is 0.270. The number of nitrogens with zero attached hydrogens (tertiary/aromatic N) is 1. The van der Waals surface area contributed by atoms with Crippen molar-refractivity contribution in [2.45, 2.75) is 118 Å². The molecule has 0 aromatic rings. The number of hydrogen-bond donors (Lipinski definition) is 0. The molecule has 134 valence electrons. The summed E-state index contributed by atoms with van der Waals surface area (Å²) in [5.74, 6) is 0. The second-order valence-electron chi connectivity index (χ2n) is 7.39. The van der Waals surface area contributed by atoms with Crippen LogP contribution < -0.4 is 0 Å². The van der Waals surface area contributed by atoms with Crippen LogP contribution in [-0.4, -0.2) is 30.2 Å². The smallest absolute Gasteiger partial charge is 0.0890 e. The van der Waals surface area contributed by atoms with E-state index in [1.54, 1.807) is 0 Å². The summed E-state index contributed by atoms with van der Waals surface area (Å²) in [6.07, 6.45) is 16.8. The summed E-state index contributed by atoms with van der Waals surface area (Å²) in [4.78, 5) is 0. The third-order valence-electron chi connectivity index (χ3n) is 5.43. The van der Waals surface area contributed by atoms with Crippen molar-refractivity contribution in [3.8, 4) is 0 Å². The van der Waals surface area contributed by atoms with Crippen molar-refractivity contribution < 1.29 is 4.48 Å². The molecule has 0 aliphatic carbocycles. The first-order valence-corrected chi connectivity index (χ1v) is 10.6.